The van der Waals surface area contributed by atoms with E-state index in [2.05, 4.69) is 10.3 Å². The summed E-state index contributed by atoms with van der Waals surface area (Å²) in [6.07, 6.45) is 6.10. The second kappa shape index (κ2) is 5.44. The minimum atomic E-state index is -3.02. The number of hydrogen-bond donors (Lipinski definition) is 2. The van der Waals surface area contributed by atoms with Crippen molar-refractivity contribution in [3.05, 3.63) is 0 Å². The van der Waals surface area contributed by atoms with Gasteiger partial charge in [0.1, 0.15) is 0 Å². The number of guanidine groups is 1. The second-order valence-electron chi connectivity index (χ2n) is 5.30. The summed E-state index contributed by atoms with van der Waals surface area (Å²) in [5, 5.41) is 3.22. The topological polar surface area (TPSA) is 87.8 Å². The molecule has 2 aliphatic rings. The van der Waals surface area contributed by atoms with Crippen molar-refractivity contribution in [2.24, 2.45) is 16.6 Å². The Morgan fingerprint density at radius 1 is 1.39 bits per heavy atom. The molecule has 1 aliphatic carbocycles. The van der Waals surface area contributed by atoms with Gasteiger partial charge in [0.25, 0.3) is 0 Å². The molecule has 2 rings (SSSR count). The van der Waals surface area contributed by atoms with E-state index in [-0.39, 0.29) is 0 Å². The fourth-order valence-electron chi connectivity index (χ4n) is 2.46. The number of sulfonamides is 1. The van der Waals surface area contributed by atoms with Crippen LogP contribution in [-0.4, -0.2) is 50.6 Å². The van der Waals surface area contributed by atoms with E-state index >= 15 is 0 Å². The molecule has 3 N–H and O–H groups in total. The smallest absolute Gasteiger partial charge is 0.211 e. The first-order valence-electron chi connectivity index (χ1n) is 6.47. The Hall–Kier alpha value is -0.820. The normalized spacial score (nSPS) is 24.2. The fourth-order valence-corrected chi connectivity index (χ4v) is 3.42. The van der Waals surface area contributed by atoms with Crippen LogP contribution in [0.3, 0.4) is 0 Å². The second-order valence-corrected chi connectivity index (χ2v) is 7.28. The molecule has 0 radical (unpaired) electrons. The third-order valence-electron chi connectivity index (χ3n) is 3.62. The Balaban J connectivity index is 1.68. The average Bonchev–Trinajstić information content (AvgIpc) is 2.65. The summed E-state index contributed by atoms with van der Waals surface area (Å²) in [4.78, 5) is 4.29. The van der Waals surface area contributed by atoms with Gasteiger partial charge in [0.2, 0.25) is 10.0 Å². The lowest BCUT2D eigenvalue weighted by atomic mass is 10.0. The summed E-state index contributed by atoms with van der Waals surface area (Å²) in [5.74, 6) is 0.809. The zero-order chi connectivity index (χ0) is 13.2. The van der Waals surface area contributed by atoms with E-state index < -0.39 is 10.0 Å². The molecule has 0 atom stereocenters. The molecule has 1 saturated carbocycles. The van der Waals surface area contributed by atoms with Crippen LogP contribution in [0.15, 0.2) is 4.99 Å². The van der Waals surface area contributed by atoms with Crippen molar-refractivity contribution in [1.29, 1.82) is 0 Å². The van der Waals surface area contributed by atoms with Crippen LogP contribution >= 0.6 is 0 Å². The Morgan fingerprint density at radius 3 is 2.56 bits per heavy atom. The largest absolute Gasteiger partial charge is 0.370 e. The fraction of sp³-hybridized carbons (Fsp3) is 0.909. The Labute approximate surface area is 109 Å². The van der Waals surface area contributed by atoms with Crippen LogP contribution in [0.25, 0.3) is 0 Å². The molecule has 0 amide bonds. The minimum Gasteiger partial charge on any atom is -0.370 e. The minimum absolute atomic E-state index is 0.309. The van der Waals surface area contributed by atoms with Crippen LogP contribution in [0.1, 0.15) is 25.7 Å². The van der Waals surface area contributed by atoms with E-state index in [1.54, 1.807) is 0 Å². The van der Waals surface area contributed by atoms with Crippen LogP contribution in [-0.2, 0) is 10.0 Å². The predicted molar refractivity (Wildman–Crippen MR) is 71.8 cm³/mol. The molecule has 0 aromatic heterocycles. The number of nitrogens with one attached hydrogen (secondary N) is 1. The van der Waals surface area contributed by atoms with Crippen molar-refractivity contribution < 1.29 is 8.42 Å². The average molecular weight is 274 g/mol. The zero-order valence-corrected chi connectivity index (χ0v) is 11.6. The maximum Gasteiger partial charge on any atom is 0.211 e. The third kappa shape index (κ3) is 3.58. The van der Waals surface area contributed by atoms with E-state index in [1.165, 1.54) is 36.2 Å². The molecular weight excluding hydrogens is 252 g/mol. The maximum atomic E-state index is 11.2. The molecule has 6 nitrogen and oxygen atoms in total. The van der Waals surface area contributed by atoms with Crippen LogP contribution < -0.4 is 11.1 Å². The monoisotopic (exact) mass is 274 g/mol. The van der Waals surface area contributed by atoms with E-state index in [4.69, 9.17) is 5.73 Å². The van der Waals surface area contributed by atoms with Crippen LogP contribution in [0, 0.1) is 5.92 Å². The first-order chi connectivity index (χ1) is 8.45. The van der Waals surface area contributed by atoms with Crippen molar-refractivity contribution in [1.82, 2.24) is 9.62 Å². The summed E-state index contributed by atoms with van der Waals surface area (Å²) in [7, 11) is -3.02. The SMILES string of the molecule is CS(=O)(=O)N1CC(CN=C(N)NC2CCCC2)C1. The lowest BCUT2D eigenvalue weighted by molar-refractivity contribution is 0.209. The molecule has 7 heteroatoms. The van der Waals surface area contributed by atoms with Crippen molar-refractivity contribution >= 4 is 16.0 Å². The van der Waals surface area contributed by atoms with E-state index in [1.807, 2.05) is 0 Å². The Bertz CT molecular complexity index is 409. The van der Waals surface area contributed by atoms with Gasteiger partial charge in [0.05, 0.1) is 6.26 Å². The van der Waals surface area contributed by atoms with E-state index in [0.29, 0.717) is 37.6 Å². The number of aliphatic imine (C=N–C) groups is 1. The van der Waals surface area contributed by atoms with Crippen LogP contribution in [0.4, 0.5) is 0 Å². The van der Waals surface area contributed by atoms with E-state index in [0.717, 1.165) is 0 Å². The quantitative estimate of drug-likeness (QED) is 0.545. The molecule has 1 aliphatic heterocycles. The molecule has 0 aromatic rings. The summed E-state index contributed by atoms with van der Waals surface area (Å²) in [5.41, 5.74) is 5.81. The Kier molecular flexibility index (Phi) is 4.11. The van der Waals surface area contributed by atoms with Crippen molar-refractivity contribution in [3.8, 4) is 0 Å². The van der Waals surface area contributed by atoms with Gasteiger partial charge in [-0.05, 0) is 12.8 Å². The third-order valence-corrected chi connectivity index (χ3v) is 4.86. The van der Waals surface area contributed by atoms with Gasteiger partial charge in [-0.2, -0.15) is 0 Å². The first-order valence-corrected chi connectivity index (χ1v) is 8.31. The first kappa shape index (κ1) is 13.6. The maximum absolute atomic E-state index is 11.2. The highest BCUT2D eigenvalue weighted by molar-refractivity contribution is 7.88. The van der Waals surface area contributed by atoms with Gasteiger partial charge in [0.15, 0.2) is 5.96 Å². The summed E-state index contributed by atoms with van der Waals surface area (Å²) in [6.45, 7) is 1.75. The van der Waals surface area contributed by atoms with Gasteiger partial charge in [-0.3, -0.25) is 4.99 Å². The number of nitrogens with two attached hydrogens (primary N) is 1. The van der Waals surface area contributed by atoms with Crippen molar-refractivity contribution in [3.63, 3.8) is 0 Å². The van der Waals surface area contributed by atoms with Crippen LogP contribution in [0.2, 0.25) is 0 Å². The van der Waals surface area contributed by atoms with E-state index in [9.17, 15) is 8.42 Å². The predicted octanol–water partition coefficient (Wildman–Crippen LogP) is -0.275. The van der Waals surface area contributed by atoms with Crippen molar-refractivity contribution in [2.75, 3.05) is 25.9 Å². The van der Waals surface area contributed by atoms with Gasteiger partial charge < -0.3 is 11.1 Å². The van der Waals surface area contributed by atoms with Gasteiger partial charge in [-0.15, -0.1) is 0 Å². The standard InChI is InChI=1S/C11H22N4O2S/c1-18(16,17)15-7-9(8-15)6-13-11(12)14-10-4-2-3-5-10/h9-10H,2-8H2,1H3,(H3,12,13,14). The van der Waals surface area contributed by atoms with Gasteiger partial charge in [-0.25, -0.2) is 12.7 Å². The number of rotatable bonds is 4. The lowest BCUT2D eigenvalue weighted by Crippen LogP contribution is -2.51. The van der Waals surface area contributed by atoms with Gasteiger partial charge in [-0.1, -0.05) is 12.8 Å². The van der Waals surface area contributed by atoms with Crippen LogP contribution in [0.5, 0.6) is 0 Å². The molecule has 18 heavy (non-hydrogen) atoms. The Morgan fingerprint density at radius 2 is 2.00 bits per heavy atom. The highest BCUT2D eigenvalue weighted by atomic mass is 32.2. The van der Waals surface area contributed by atoms with Gasteiger partial charge in [0, 0.05) is 31.6 Å². The number of nitrogens with zero attached hydrogens (tertiary/aromatic N) is 2. The summed E-state index contributed by atoms with van der Waals surface area (Å²) < 4.78 is 23.8. The number of hydrogen-bond acceptors (Lipinski definition) is 3. The molecule has 104 valence electrons. The highest BCUT2D eigenvalue weighted by Gasteiger charge is 2.32. The molecule has 0 aromatic carbocycles. The molecule has 1 heterocycles. The zero-order valence-electron chi connectivity index (χ0n) is 10.8. The summed E-state index contributed by atoms with van der Waals surface area (Å²) >= 11 is 0. The molecule has 0 bridgehead atoms. The molecular formula is C11H22N4O2S. The molecule has 0 unspecified atom stereocenters. The molecule has 1 saturated heterocycles. The summed E-state index contributed by atoms with van der Waals surface area (Å²) in [6, 6.07) is 0.475. The molecule has 2 fully saturated rings. The van der Waals surface area contributed by atoms with Gasteiger partial charge >= 0.3 is 0 Å². The highest BCUT2D eigenvalue weighted by Crippen LogP contribution is 2.19. The van der Waals surface area contributed by atoms with Crippen molar-refractivity contribution in [2.45, 2.75) is 31.7 Å². The molecule has 0 spiro atoms. The lowest BCUT2D eigenvalue weighted by Gasteiger charge is -2.36.